The molecule has 0 saturated carbocycles. The summed E-state index contributed by atoms with van der Waals surface area (Å²) in [5.74, 6) is -0.334. The first kappa shape index (κ1) is 12.2. The SMILES string of the molecule is C=CC(=O)OCC[N+](C)(CC)CC. The monoisotopic (exact) mass is 186 g/mol. The van der Waals surface area contributed by atoms with Gasteiger partial charge in [0.2, 0.25) is 0 Å². The largest absolute Gasteiger partial charge is 0.457 e. The number of nitrogens with zero attached hydrogens (tertiary/aromatic N) is 1. The molecular weight excluding hydrogens is 166 g/mol. The topological polar surface area (TPSA) is 26.3 Å². The van der Waals surface area contributed by atoms with Crippen molar-refractivity contribution in [3.05, 3.63) is 12.7 Å². The average molecular weight is 186 g/mol. The minimum atomic E-state index is -0.334. The fourth-order valence-corrected chi connectivity index (χ4v) is 0.965. The molecule has 0 aliphatic rings. The summed E-state index contributed by atoms with van der Waals surface area (Å²) >= 11 is 0. The van der Waals surface area contributed by atoms with Crippen molar-refractivity contribution in [2.24, 2.45) is 0 Å². The number of rotatable bonds is 6. The molecule has 0 aromatic rings. The van der Waals surface area contributed by atoms with Crippen molar-refractivity contribution >= 4 is 5.97 Å². The molecule has 0 atom stereocenters. The highest BCUT2D eigenvalue weighted by Crippen LogP contribution is 2.00. The van der Waals surface area contributed by atoms with Crippen LogP contribution in [0.15, 0.2) is 12.7 Å². The molecule has 0 aromatic heterocycles. The van der Waals surface area contributed by atoms with Crippen molar-refractivity contribution in [3.8, 4) is 0 Å². The molecule has 0 fully saturated rings. The zero-order valence-electron chi connectivity index (χ0n) is 8.88. The summed E-state index contributed by atoms with van der Waals surface area (Å²) in [4.78, 5) is 10.7. The van der Waals surface area contributed by atoms with Gasteiger partial charge in [0, 0.05) is 6.08 Å². The van der Waals surface area contributed by atoms with Gasteiger partial charge in [-0.25, -0.2) is 4.79 Å². The van der Waals surface area contributed by atoms with E-state index in [9.17, 15) is 4.79 Å². The molecule has 0 heterocycles. The highest BCUT2D eigenvalue weighted by atomic mass is 16.5. The molecule has 0 saturated heterocycles. The number of ether oxygens (including phenoxy) is 1. The van der Waals surface area contributed by atoms with Crippen LogP contribution < -0.4 is 0 Å². The molecule has 0 aromatic carbocycles. The molecule has 0 unspecified atom stereocenters. The quantitative estimate of drug-likeness (QED) is 0.354. The van der Waals surface area contributed by atoms with Crippen LogP contribution in [0, 0.1) is 0 Å². The van der Waals surface area contributed by atoms with Crippen LogP contribution in [-0.2, 0) is 9.53 Å². The Morgan fingerprint density at radius 3 is 2.38 bits per heavy atom. The first-order chi connectivity index (χ1) is 6.08. The van der Waals surface area contributed by atoms with E-state index in [2.05, 4.69) is 27.5 Å². The first-order valence-corrected chi connectivity index (χ1v) is 4.70. The lowest BCUT2D eigenvalue weighted by atomic mass is 10.4. The van der Waals surface area contributed by atoms with E-state index in [0.29, 0.717) is 6.61 Å². The predicted molar refractivity (Wildman–Crippen MR) is 53.3 cm³/mol. The van der Waals surface area contributed by atoms with Crippen molar-refractivity contribution in [1.29, 1.82) is 0 Å². The van der Waals surface area contributed by atoms with Gasteiger partial charge < -0.3 is 9.22 Å². The van der Waals surface area contributed by atoms with Gasteiger partial charge in [-0.05, 0) is 13.8 Å². The second-order valence-electron chi connectivity index (χ2n) is 3.35. The Morgan fingerprint density at radius 1 is 1.46 bits per heavy atom. The van der Waals surface area contributed by atoms with Crippen LogP contribution in [0.25, 0.3) is 0 Å². The fraction of sp³-hybridized carbons (Fsp3) is 0.700. The molecule has 0 aliphatic heterocycles. The van der Waals surface area contributed by atoms with E-state index in [1.54, 1.807) is 0 Å². The minimum absolute atomic E-state index is 0.334. The summed E-state index contributed by atoms with van der Waals surface area (Å²) in [6, 6.07) is 0. The smallest absolute Gasteiger partial charge is 0.330 e. The molecule has 0 rings (SSSR count). The summed E-state index contributed by atoms with van der Waals surface area (Å²) in [5.41, 5.74) is 0. The first-order valence-electron chi connectivity index (χ1n) is 4.70. The number of hydrogen-bond acceptors (Lipinski definition) is 2. The van der Waals surface area contributed by atoms with Crippen molar-refractivity contribution in [2.75, 3.05) is 33.3 Å². The summed E-state index contributed by atoms with van der Waals surface area (Å²) in [7, 11) is 2.15. The van der Waals surface area contributed by atoms with Gasteiger partial charge in [-0.3, -0.25) is 0 Å². The average Bonchev–Trinajstić information content (AvgIpc) is 2.17. The van der Waals surface area contributed by atoms with Crippen LogP contribution in [0.4, 0.5) is 0 Å². The van der Waals surface area contributed by atoms with Gasteiger partial charge in [0.1, 0.15) is 13.2 Å². The van der Waals surface area contributed by atoms with Gasteiger partial charge in [0.15, 0.2) is 0 Å². The fourth-order valence-electron chi connectivity index (χ4n) is 0.965. The van der Waals surface area contributed by atoms with Gasteiger partial charge in [0.05, 0.1) is 20.1 Å². The zero-order chi connectivity index (χ0) is 10.3. The van der Waals surface area contributed by atoms with Gasteiger partial charge in [-0.15, -0.1) is 0 Å². The summed E-state index contributed by atoms with van der Waals surface area (Å²) in [5, 5.41) is 0. The molecule has 3 heteroatoms. The lowest BCUT2D eigenvalue weighted by molar-refractivity contribution is -0.906. The maximum Gasteiger partial charge on any atom is 0.330 e. The highest BCUT2D eigenvalue weighted by Gasteiger charge is 2.16. The van der Waals surface area contributed by atoms with Gasteiger partial charge in [0.25, 0.3) is 0 Å². The van der Waals surface area contributed by atoms with Gasteiger partial charge >= 0.3 is 5.97 Å². The van der Waals surface area contributed by atoms with Crippen molar-refractivity contribution in [3.63, 3.8) is 0 Å². The Kier molecular flexibility index (Phi) is 5.39. The van der Waals surface area contributed by atoms with E-state index in [-0.39, 0.29) is 5.97 Å². The molecular formula is C10H20NO2+. The third-order valence-corrected chi connectivity index (χ3v) is 2.57. The third kappa shape index (κ3) is 4.68. The van der Waals surface area contributed by atoms with Crippen molar-refractivity contribution in [2.45, 2.75) is 13.8 Å². The van der Waals surface area contributed by atoms with Crippen LogP contribution >= 0.6 is 0 Å². The molecule has 0 bridgehead atoms. The molecule has 0 amide bonds. The Balaban J connectivity index is 3.73. The van der Waals surface area contributed by atoms with Crippen LogP contribution in [-0.4, -0.2) is 43.7 Å². The molecule has 0 spiro atoms. The number of carbonyl (C=O) groups is 1. The van der Waals surface area contributed by atoms with Crippen LogP contribution in [0.3, 0.4) is 0 Å². The number of likely N-dealkylation sites (N-methyl/N-ethyl adjacent to an activating group) is 1. The molecule has 0 N–H and O–H groups in total. The van der Waals surface area contributed by atoms with Crippen LogP contribution in [0.2, 0.25) is 0 Å². The van der Waals surface area contributed by atoms with Gasteiger partial charge in [-0.1, -0.05) is 6.58 Å². The van der Waals surface area contributed by atoms with Crippen molar-refractivity contribution < 1.29 is 14.0 Å². The second-order valence-corrected chi connectivity index (χ2v) is 3.35. The van der Waals surface area contributed by atoms with Gasteiger partial charge in [-0.2, -0.15) is 0 Å². The van der Waals surface area contributed by atoms with Crippen LogP contribution in [0.5, 0.6) is 0 Å². The summed E-state index contributed by atoms with van der Waals surface area (Å²) in [6.45, 7) is 11.1. The third-order valence-electron chi connectivity index (χ3n) is 2.57. The Labute approximate surface area is 80.6 Å². The van der Waals surface area contributed by atoms with Crippen molar-refractivity contribution in [1.82, 2.24) is 0 Å². The normalized spacial score (nSPS) is 11.0. The maximum absolute atomic E-state index is 10.7. The Hall–Kier alpha value is -0.830. The van der Waals surface area contributed by atoms with E-state index < -0.39 is 0 Å². The highest BCUT2D eigenvalue weighted by molar-refractivity contribution is 5.81. The molecule has 3 nitrogen and oxygen atoms in total. The number of esters is 1. The minimum Gasteiger partial charge on any atom is -0.457 e. The number of carbonyl (C=O) groups excluding carboxylic acids is 1. The van der Waals surface area contributed by atoms with E-state index in [1.165, 1.54) is 6.08 Å². The lowest BCUT2D eigenvalue weighted by Crippen LogP contribution is -2.46. The Bertz CT molecular complexity index is 174. The standard InChI is InChI=1S/C10H20NO2/c1-5-10(12)13-9-8-11(4,6-2)7-3/h5H,1,6-9H2,2-4H3/q+1. The lowest BCUT2D eigenvalue weighted by Gasteiger charge is -2.31. The summed E-state index contributed by atoms with van der Waals surface area (Å²) < 4.78 is 5.85. The summed E-state index contributed by atoms with van der Waals surface area (Å²) in [6.07, 6.45) is 1.20. The van der Waals surface area contributed by atoms with E-state index in [4.69, 9.17) is 4.74 Å². The molecule has 0 aliphatic carbocycles. The van der Waals surface area contributed by atoms with E-state index in [1.807, 2.05) is 0 Å². The Morgan fingerprint density at radius 2 is 2.00 bits per heavy atom. The number of quaternary nitrogens is 1. The molecule has 0 radical (unpaired) electrons. The zero-order valence-corrected chi connectivity index (χ0v) is 8.88. The predicted octanol–water partition coefficient (Wildman–Crippen LogP) is 1.20. The van der Waals surface area contributed by atoms with E-state index >= 15 is 0 Å². The molecule has 13 heavy (non-hydrogen) atoms. The molecule has 76 valence electrons. The number of hydrogen-bond donors (Lipinski definition) is 0. The van der Waals surface area contributed by atoms with Crippen LogP contribution in [0.1, 0.15) is 13.8 Å². The van der Waals surface area contributed by atoms with E-state index in [0.717, 1.165) is 24.1 Å². The second kappa shape index (κ2) is 5.75. The maximum atomic E-state index is 10.7.